The van der Waals surface area contributed by atoms with Crippen LogP contribution < -0.4 is 0 Å². The van der Waals surface area contributed by atoms with Gasteiger partial charge in [-0.05, 0) is 24.5 Å². The number of carbonyl (C=O) groups is 1. The summed E-state index contributed by atoms with van der Waals surface area (Å²) in [5.74, 6) is 1.78. The molecule has 0 saturated heterocycles. The first-order chi connectivity index (χ1) is 11.3. The molecule has 3 rings (SSSR count). The average Bonchev–Trinajstić information content (AvgIpc) is 2.93. The lowest BCUT2D eigenvalue weighted by molar-refractivity contribution is -0.132. The molecule has 0 saturated carbocycles. The van der Waals surface area contributed by atoms with E-state index in [0.29, 0.717) is 12.8 Å². The van der Waals surface area contributed by atoms with E-state index < -0.39 is 0 Å². The predicted molar refractivity (Wildman–Crippen MR) is 93.8 cm³/mol. The molecule has 0 fully saturated rings. The number of hydrogen-bond acceptors (Lipinski definition) is 3. The molecule has 0 unspecified atom stereocenters. The lowest BCUT2D eigenvalue weighted by Gasteiger charge is -2.28. The number of amides is 1. The van der Waals surface area contributed by atoms with Gasteiger partial charge in [-0.2, -0.15) is 0 Å². The molecule has 0 radical (unpaired) electrons. The largest absolute Gasteiger partial charge is 0.445 e. The second-order valence-corrected chi connectivity index (χ2v) is 7.61. The van der Waals surface area contributed by atoms with E-state index in [4.69, 9.17) is 4.42 Å². The van der Waals surface area contributed by atoms with Crippen LogP contribution in [0.25, 0.3) is 0 Å². The Labute approximate surface area is 143 Å². The smallest absolute Gasteiger partial charge is 0.223 e. The molecule has 4 heteroatoms. The molecule has 128 valence electrons. The van der Waals surface area contributed by atoms with E-state index in [1.165, 1.54) is 11.1 Å². The zero-order chi connectivity index (χ0) is 17.3. The van der Waals surface area contributed by atoms with Gasteiger partial charge in [-0.25, -0.2) is 4.98 Å². The monoisotopic (exact) mass is 326 g/mol. The molecule has 1 aliphatic heterocycles. The first-order valence-electron chi connectivity index (χ1n) is 8.66. The Kier molecular flexibility index (Phi) is 4.48. The van der Waals surface area contributed by atoms with Crippen LogP contribution in [-0.4, -0.2) is 22.3 Å². The molecule has 0 atom stereocenters. The quantitative estimate of drug-likeness (QED) is 0.862. The van der Waals surface area contributed by atoms with Crippen molar-refractivity contribution < 1.29 is 9.21 Å². The summed E-state index contributed by atoms with van der Waals surface area (Å²) < 4.78 is 5.89. The fraction of sp³-hybridized carbons (Fsp3) is 0.500. The number of aryl methyl sites for hydroxylation is 2. The molecular formula is C20H26N2O2. The molecule has 24 heavy (non-hydrogen) atoms. The molecule has 1 aromatic carbocycles. The standard InChI is InChI=1S/C20H26N2O2/c1-14-17(24-19(21-14)20(2,3)4)9-10-18(23)22-12-11-15-7-5-6-8-16(15)13-22/h5-8H,9-13H2,1-4H3. The zero-order valence-corrected chi connectivity index (χ0v) is 15.1. The summed E-state index contributed by atoms with van der Waals surface area (Å²) in [6.45, 7) is 9.72. The third-order valence-corrected chi connectivity index (χ3v) is 4.58. The fourth-order valence-electron chi connectivity index (χ4n) is 3.07. The van der Waals surface area contributed by atoms with E-state index in [9.17, 15) is 4.79 Å². The van der Waals surface area contributed by atoms with Crippen molar-refractivity contribution in [3.05, 3.63) is 52.7 Å². The molecule has 0 aliphatic carbocycles. The Bertz CT molecular complexity index is 740. The molecule has 2 heterocycles. The third-order valence-electron chi connectivity index (χ3n) is 4.58. The average molecular weight is 326 g/mol. The molecule has 4 nitrogen and oxygen atoms in total. The van der Waals surface area contributed by atoms with E-state index in [0.717, 1.165) is 36.9 Å². The first kappa shape index (κ1) is 16.7. The number of oxazole rings is 1. The molecule has 0 spiro atoms. The molecule has 1 aliphatic rings. The number of rotatable bonds is 3. The van der Waals surface area contributed by atoms with Gasteiger partial charge in [0.2, 0.25) is 5.91 Å². The SMILES string of the molecule is Cc1nc(C(C)(C)C)oc1CCC(=O)N1CCc2ccccc2C1. The van der Waals surface area contributed by atoms with Crippen LogP contribution in [0, 0.1) is 6.92 Å². The van der Waals surface area contributed by atoms with Crippen LogP contribution in [0.5, 0.6) is 0 Å². The highest BCUT2D eigenvalue weighted by Gasteiger charge is 2.24. The van der Waals surface area contributed by atoms with Crippen LogP contribution in [0.2, 0.25) is 0 Å². The van der Waals surface area contributed by atoms with E-state index in [1.807, 2.05) is 17.9 Å². The van der Waals surface area contributed by atoms with Crippen molar-refractivity contribution in [2.45, 2.75) is 58.9 Å². The molecule has 0 bridgehead atoms. The number of aromatic nitrogens is 1. The van der Waals surface area contributed by atoms with E-state index in [-0.39, 0.29) is 11.3 Å². The molecule has 1 amide bonds. The summed E-state index contributed by atoms with van der Waals surface area (Å²) in [4.78, 5) is 19.0. The number of benzene rings is 1. The Morgan fingerprint density at radius 3 is 2.62 bits per heavy atom. The maximum atomic E-state index is 12.6. The van der Waals surface area contributed by atoms with Crippen molar-refractivity contribution in [2.75, 3.05) is 6.54 Å². The molecule has 1 aromatic heterocycles. The van der Waals surface area contributed by atoms with Crippen molar-refractivity contribution >= 4 is 5.91 Å². The van der Waals surface area contributed by atoms with Gasteiger partial charge in [0, 0.05) is 31.3 Å². The zero-order valence-electron chi connectivity index (χ0n) is 15.1. The van der Waals surface area contributed by atoms with Crippen molar-refractivity contribution in [2.24, 2.45) is 0 Å². The summed E-state index contributed by atoms with van der Waals surface area (Å²) >= 11 is 0. The highest BCUT2D eigenvalue weighted by atomic mass is 16.4. The van der Waals surface area contributed by atoms with E-state index >= 15 is 0 Å². The topological polar surface area (TPSA) is 46.3 Å². The Hall–Kier alpha value is -2.10. The minimum absolute atomic E-state index is 0.108. The number of fused-ring (bicyclic) bond motifs is 1. The summed E-state index contributed by atoms with van der Waals surface area (Å²) in [6.07, 6.45) is 2.03. The van der Waals surface area contributed by atoms with Crippen LogP contribution in [0.1, 0.15) is 55.7 Å². The Morgan fingerprint density at radius 1 is 1.25 bits per heavy atom. The maximum Gasteiger partial charge on any atom is 0.223 e. The lowest BCUT2D eigenvalue weighted by Crippen LogP contribution is -2.36. The highest BCUT2D eigenvalue weighted by molar-refractivity contribution is 5.76. The Balaban J connectivity index is 1.62. The second kappa shape index (κ2) is 6.42. The normalized spacial score (nSPS) is 14.6. The van der Waals surface area contributed by atoms with Crippen molar-refractivity contribution in [1.82, 2.24) is 9.88 Å². The van der Waals surface area contributed by atoms with Gasteiger partial charge >= 0.3 is 0 Å². The summed E-state index contributed by atoms with van der Waals surface area (Å²) in [5.41, 5.74) is 3.42. The van der Waals surface area contributed by atoms with Crippen LogP contribution in [0.15, 0.2) is 28.7 Å². The van der Waals surface area contributed by atoms with Crippen LogP contribution >= 0.6 is 0 Å². The van der Waals surface area contributed by atoms with Crippen molar-refractivity contribution in [3.63, 3.8) is 0 Å². The first-order valence-corrected chi connectivity index (χ1v) is 8.66. The van der Waals surface area contributed by atoms with Gasteiger partial charge in [0.25, 0.3) is 0 Å². The summed E-state index contributed by atoms with van der Waals surface area (Å²) in [6, 6.07) is 8.38. The fourth-order valence-corrected chi connectivity index (χ4v) is 3.07. The number of hydrogen-bond donors (Lipinski definition) is 0. The van der Waals surface area contributed by atoms with Gasteiger partial charge in [0.1, 0.15) is 5.76 Å². The van der Waals surface area contributed by atoms with Gasteiger partial charge in [-0.15, -0.1) is 0 Å². The van der Waals surface area contributed by atoms with Crippen molar-refractivity contribution in [1.29, 1.82) is 0 Å². The molecular weight excluding hydrogens is 300 g/mol. The van der Waals surface area contributed by atoms with E-state index in [2.05, 4.69) is 44.0 Å². The predicted octanol–water partition coefficient (Wildman–Crippen LogP) is 3.80. The van der Waals surface area contributed by atoms with Gasteiger partial charge in [0.15, 0.2) is 5.89 Å². The lowest BCUT2D eigenvalue weighted by atomic mass is 9.97. The van der Waals surface area contributed by atoms with Gasteiger partial charge in [-0.1, -0.05) is 45.0 Å². The third kappa shape index (κ3) is 3.53. The number of carbonyl (C=O) groups excluding carboxylic acids is 1. The van der Waals surface area contributed by atoms with Gasteiger partial charge < -0.3 is 9.32 Å². The minimum Gasteiger partial charge on any atom is -0.445 e. The van der Waals surface area contributed by atoms with Crippen LogP contribution in [0.4, 0.5) is 0 Å². The second-order valence-electron chi connectivity index (χ2n) is 7.61. The number of nitrogens with zero attached hydrogens (tertiary/aromatic N) is 2. The minimum atomic E-state index is -0.108. The van der Waals surface area contributed by atoms with Crippen LogP contribution in [-0.2, 0) is 29.6 Å². The highest BCUT2D eigenvalue weighted by Crippen LogP contribution is 2.25. The molecule has 0 N–H and O–H groups in total. The van der Waals surface area contributed by atoms with Gasteiger partial charge in [0.05, 0.1) is 5.69 Å². The summed E-state index contributed by atoms with van der Waals surface area (Å²) in [5, 5.41) is 0. The maximum absolute atomic E-state index is 12.6. The van der Waals surface area contributed by atoms with Crippen LogP contribution in [0.3, 0.4) is 0 Å². The van der Waals surface area contributed by atoms with E-state index in [1.54, 1.807) is 0 Å². The summed E-state index contributed by atoms with van der Waals surface area (Å²) in [7, 11) is 0. The Morgan fingerprint density at radius 2 is 1.96 bits per heavy atom. The van der Waals surface area contributed by atoms with Gasteiger partial charge in [-0.3, -0.25) is 4.79 Å². The van der Waals surface area contributed by atoms with Crippen molar-refractivity contribution in [3.8, 4) is 0 Å². The molecule has 2 aromatic rings.